The minimum Gasteiger partial charge on any atom is -0.493 e. The summed E-state index contributed by atoms with van der Waals surface area (Å²) in [5, 5.41) is 4.70. The van der Waals surface area contributed by atoms with Crippen LogP contribution in [0.25, 0.3) is 21.9 Å². The van der Waals surface area contributed by atoms with E-state index < -0.39 is 5.63 Å². The van der Waals surface area contributed by atoms with Crippen LogP contribution in [-0.2, 0) is 24.1 Å². The van der Waals surface area contributed by atoms with E-state index in [0.717, 1.165) is 53.4 Å². The van der Waals surface area contributed by atoms with Gasteiger partial charge in [0.15, 0.2) is 11.5 Å². The first-order chi connectivity index (χ1) is 16.0. The van der Waals surface area contributed by atoms with Gasteiger partial charge in [-0.05, 0) is 49.9 Å². The van der Waals surface area contributed by atoms with Crippen LogP contribution in [0.1, 0.15) is 35.3 Å². The molecule has 0 bridgehead atoms. The Hall–Kier alpha value is -3.74. The number of aryl methyl sites for hydroxylation is 3. The molecule has 7 nitrogen and oxygen atoms in total. The molecule has 0 saturated heterocycles. The second kappa shape index (κ2) is 8.31. The Morgan fingerprint density at radius 1 is 0.970 bits per heavy atom. The van der Waals surface area contributed by atoms with E-state index in [1.165, 1.54) is 12.7 Å². The topological polar surface area (TPSA) is 90.9 Å². The van der Waals surface area contributed by atoms with E-state index in [2.05, 4.69) is 5.32 Å². The summed E-state index contributed by atoms with van der Waals surface area (Å²) < 4.78 is 22.1. The van der Waals surface area contributed by atoms with Crippen molar-refractivity contribution in [1.29, 1.82) is 0 Å². The number of rotatable bonds is 5. The highest BCUT2D eigenvalue weighted by Gasteiger charge is 2.21. The van der Waals surface area contributed by atoms with Gasteiger partial charge in [0, 0.05) is 40.6 Å². The number of hydrogen-bond donors (Lipinski definition) is 1. The molecule has 1 aliphatic rings. The largest absolute Gasteiger partial charge is 0.493 e. The Kier molecular flexibility index (Phi) is 5.32. The van der Waals surface area contributed by atoms with Gasteiger partial charge in [-0.25, -0.2) is 4.79 Å². The molecule has 0 saturated carbocycles. The van der Waals surface area contributed by atoms with Gasteiger partial charge in [-0.2, -0.15) is 0 Å². The number of amides is 1. The van der Waals surface area contributed by atoms with Crippen LogP contribution in [0, 0.1) is 6.92 Å². The van der Waals surface area contributed by atoms with Gasteiger partial charge in [-0.15, -0.1) is 0 Å². The van der Waals surface area contributed by atoms with Crippen molar-refractivity contribution < 1.29 is 23.1 Å². The predicted molar refractivity (Wildman–Crippen MR) is 126 cm³/mol. The van der Waals surface area contributed by atoms with Gasteiger partial charge in [0.2, 0.25) is 5.91 Å². The van der Waals surface area contributed by atoms with Crippen molar-refractivity contribution in [2.75, 3.05) is 19.5 Å². The van der Waals surface area contributed by atoms with Crippen LogP contribution in [0.3, 0.4) is 0 Å². The zero-order chi connectivity index (χ0) is 23.1. The van der Waals surface area contributed by atoms with Crippen molar-refractivity contribution in [3.8, 4) is 11.5 Å². The molecule has 0 fully saturated rings. The number of methoxy groups -OCH3 is 2. The van der Waals surface area contributed by atoms with Gasteiger partial charge in [-0.1, -0.05) is 0 Å². The Balaban J connectivity index is 1.48. The van der Waals surface area contributed by atoms with Crippen molar-refractivity contribution in [1.82, 2.24) is 0 Å². The third kappa shape index (κ3) is 3.73. The average molecular weight is 447 g/mol. The van der Waals surface area contributed by atoms with Gasteiger partial charge in [0.25, 0.3) is 0 Å². The van der Waals surface area contributed by atoms with E-state index in [0.29, 0.717) is 28.3 Å². The Labute approximate surface area is 190 Å². The SMILES string of the molecule is COc1ccc(NC(=O)Cc2c(C)c3cc4c5c(oc4cc3oc2=O)CCCC5)cc1OC. The number of fused-ring (bicyclic) bond motifs is 4. The molecule has 0 radical (unpaired) electrons. The van der Waals surface area contributed by atoms with E-state index >= 15 is 0 Å². The quantitative estimate of drug-likeness (QED) is 0.437. The molecule has 0 aliphatic heterocycles. The first-order valence-electron chi connectivity index (χ1n) is 11.0. The highest BCUT2D eigenvalue weighted by molar-refractivity contribution is 5.98. The van der Waals surface area contributed by atoms with Crippen molar-refractivity contribution in [3.63, 3.8) is 0 Å². The summed E-state index contributed by atoms with van der Waals surface area (Å²) in [5.41, 5.74) is 3.59. The van der Waals surface area contributed by atoms with Gasteiger partial charge in [0.05, 0.1) is 26.2 Å². The maximum Gasteiger partial charge on any atom is 0.340 e. The monoisotopic (exact) mass is 447 g/mol. The molecule has 33 heavy (non-hydrogen) atoms. The fraction of sp³-hybridized carbons (Fsp3) is 0.308. The first-order valence-corrected chi connectivity index (χ1v) is 11.0. The number of ether oxygens (including phenoxy) is 2. The van der Waals surface area contributed by atoms with Crippen LogP contribution in [0.4, 0.5) is 5.69 Å². The number of benzene rings is 2. The highest BCUT2D eigenvalue weighted by Crippen LogP contribution is 2.35. The third-order valence-corrected chi connectivity index (χ3v) is 6.37. The molecule has 2 aromatic heterocycles. The lowest BCUT2D eigenvalue weighted by molar-refractivity contribution is -0.115. The highest BCUT2D eigenvalue weighted by atomic mass is 16.5. The summed E-state index contributed by atoms with van der Waals surface area (Å²) in [6, 6.07) is 8.93. The fourth-order valence-electron chi connectivity index (χ4n) is 4.63. The predicted octanol–water partition coefficient (Wildman–Crippen LogP) is 4.92. The minimum absolute atomic E-state index is 0.0972. The third-order valence-electron chi connectivity index (χ3n) is 6.37. The number of furan rings is 1. The molecule has 1 aliphatic carbocycles. The Morgan fingerprint density at radius 3 is 2.52 bits per heavy atom. The molecule has 0 unspecified atom stereocenters. The van der Waals surface area contributed by atoms with E-state index in [4.69, 9.17) is 18.3 Å². The fourth-order valence-corrected chi connectivity index (χ4v) is 4.63. The maximum atomic E-state index is 12.8. The molecule has 2 aromatic carbocycles. The van der Waals surface area contributed by atoms with Gasteiger partial charge in [-0.3, -0.25) is 4.79 Å². The molecule has 5 rings (SSSR count). The van der Waals surface area contributed by atoms with Gasteiger partial charge >= 0.3 is 5.63 Å². The molecule has 0 atom stereocenters. The second-order valence-corrected chi connectivity index (χ2v) is 8.34. The molecular formula is C26H25NO6. The number of hydrogen-bond acceptors (Lipinski definition) is 6. The normalized spacial score (nSPS) is 13.2. The number of carbonyl (C=O) groups is 1. The number of carbonyl (C=O) groups excluding carboxylic acids is 1. The summed E-state index contributed by atoms with van der Waals surface area (Å²) >= 11 is 0. The van der Waals surface area contributed by atoms with E-state index in [1.54, 1.807) is 31.4 Å². The number of anilines is 1. The summed E-state index contributed by atoms with van der Waals surface area (Å²) in [4.78, 5) is 25.5. The van der Waals surface area contributed by atoms with Crippen molar-refractivity contribution >= 4 is 33.5 Å². The average Bonchev–Trinajstić information content (AvgIpc) is 3.18. The zero-order valence-corrected chi connectivity index (χ0v) is 18.9. The van der Waals surface area contributed by atoms with Crippen LogP contribution in [0.2, 0.25) is 0 Å². The Bertz CT molecular complexity index is 1450. The summed E-state index contributed by atoms with van der Waals surface area (Å²) in [5.74, 6) is 1.78. The minimum atomic E-state index is -0.516. The van der Waals surface area contributed by atoms with Crippen LogP contribution < -0.4 is 20.4 Å². The lowest BCUT2D eigenvalue weighted by Crippen LogP contribution is -2.20. The smallest absolute Gasteiger partial charge is 0.340 e. The molecular weight excluding hydrogens is 422 g/mol. The van der Waals surface area contributed by atoms with Crippen molar-refractivity contribution in [2.24, 2.45) is 0 Å². The van der Waals surface area contributed by atoms with Gasteiger partial charge < -0.3 is 23.6 Å². The number of nitrogens with one attached hydrogen (secondary N) is 1. The van der Waals surface area contributed by atoms with E-state index in [9.17, 15) is 9.59 Å². The van der Waals surface area contributed by atoms with Crippen LogP contribution in [0.5, 0.6) is 11.5 Å². The molecule has 1 N–H and O–H groups in total. The summed E-state index contributed by atoms with van der Waals surface area (Å²) in [7, 11) is 3.08. The van der Waals surface area contributed by atoms with E-state index in [1.807, 2.05) is 13.0 Å². The molecule has 7 heteroatoms. The lowest BCUT2D eigenvalue weighted by Gasteiger charge is -2.12. The standard InChI is InChI=1S/C26H25NO6/c1-14-17-11-19-16-6-4-5-7-20(16)32-23(19)13-22(17)33-26(29)18(14)12-25(28)27-15-8-9-21(30-2)24(10-15)31-3/h8-11,13H,4-7,12H2,1-3H3,(H,27,28). The lowest BCUT2D eigenvalue weighted by atomic mass is 9.94. The maximum absolute atomic E-state index is 12.8. The molecule has 170 valence electrons. The zero-order valence-electron chi connectivity index (χ0n) is 18.9. The molecule has 1 amide bonds. The summed E-state index contributed by atoms with van der Waals surface area (Å²) in [6.07, 6.45) is 4.10. The molecule has 4 aromatic rings. The van der Waals surface area contributed by atoms with Crippen LogP contribution in [-0.4, -0.2) is 20.1 Å². The van der Waals surface area contributed by atoms with Crippen LogP contribution >= 0.6 is 0 Å². The summed E-state index contributed by atoms with van der Waals surface area (Å²) in [6.45, 7) is 1.86. The van der Waals surface area contributed by atoms with E-state index in [-0.39, 0.29) is 12.3 Å². The van der Waals surface area contributed by atoms with Gasteiger partial charge in [0.1, 0.15) is 16.9 Å². The molecule has 2 heterocycles. The Morgan fingerprint density at radius 2 is 1.73 bits per heavy atom. The second-order valence-electron chi connectivity index (χ2n) is 8.34. The molecule has 0 spiro atoms. The first kappa shape index (κ1) is 21.1. The van der Waals surface area contributed by atoms with Crippen LogP contribution in [0.15, 0.2) is 44.0 Å². The van der Waals surface area contributed by atoms with Crippen molar-refractivity contribution in [2.45, 2.75) is 39.0 Å². The van der Waals surface area contributed by atoms with Crippen molar-refractivity contribution in [3.05, 3.63) is 63.2 Å².